The van der Waals surface area contributed by atoms with E-state index in [2.05, 4.69) is 13.8 Å². The average Bonchev–Trinajstić information content (AvgIpc) is 2.91. The van der Waals surface area contributed by atoms with Crippen molar-refractivity contribution in [1.82, 2.24) is 0 Å². The van der Waals surface area contributed by atoms with Crippen molar-refractivity contribution >= 4 is 11.6 Å². The lowest BCUT2D eigenvalue weighted by Gasteiger charge is -2.58. The highest BCUT2D eigenvalue weighted by Crippen LogP contribution is 2.65. The third-order valence-electron chi connectivity index (χ3n) is 8.04. The Kier molecular flexibility index (Phi) is 3.86. The van der Waals surface area contributed by atoms with Crippen molar-refractivity contribution in [2.75, 3.05) is 6.61 Å². The van der Waals surface area contributed by atoms with Gasteiger partial charge in [-0.3, -0.25) is 9.59 Å². The molecule has 0 aromatic rings. The maximum absolute atomic E-state index is 12.3. The summed E-state index contributed by atoms with van der Waals surface area (Å²) in [5, 5.41) is 20.5. The van der Waals surface area contributed by atoms with Gasteiger partial charge in [0.2, 0.25) is 0 Å². The number of allylic oxidation sites excluding steroid dienone is 4. The van der Waals surface area contributed by atoms with Crippen LogP contribution in [0, 0.1) is 34.5 Å². The highest BCUT2D eigenvalue weighted by Gasteiger charge is 2.62. The van der Waals surface area contributed by atoms with Crippen LogP contribution in [0.1, 0.15) is 46.0 Å². The van der Waals surface area contributed by atoms with Gasteiger partial charge >= 0.3 is 0 Å². The Hall–Kier alpha value is -1.26. The fraction of sp³-hybridized carbons (Fsp3) is 0.714. The summed E-state index contributed by atoms with van der Waals surface area (Å²) in [6.45, 7) is 3.92. The van der Waals surface area contributed by atoms with Gasteiger partial charge in [-0.15, -0.1) is 0 Å². The second-order valence-corrected chi connectivity index (χ2v) is 9.05. The van der Waals surface area contributed by atoms with Gasteiger partial charge in [0.1, 0.15) is 6.61 Å². The fourth-order valence-corrected chi connectivity index (χ4v) is 6.96. The largest absolute Gasteiger partial charge is 0.393 e. The van der Waals surface area contributed by atoms with Crippen LogP contribution in [0.2, 0.25) is 0 Å². The Labute approximate surface area is 149 Å². The maximum atomic E-state index is 12.3. The second kappa shape index (κ2) is 5.62. The summed E-state index contributed by atoms with van der Waals surface area (Å²) in [6.07, 6.45) is 9.25. The van der Waals surface area contributed by atoms with Crippen LogP contribution in [0.15, 0.2) is 23.8 Å². The summed E-state index contributed by atoms with van der Waals surface area (Å²) in [4.78, 5) is 24.1. The molecule has 4 aliphatic rings. The lowest BCUT2D eigenvalue weighted by Crippen LogP contribution is -2.56. The van der Waals surface area contributed by atoms with Gasteiger partial charge in [0.25, 0.3) is 0 Å². The molecule has 2 N–H and O–H groups in total. The topological polar surface area (TPSA) is 74.6 Å². The van der Waals surface area contributed by atoms with Crippen molar-refractivity contribution in [2.45, 2.75) is 52.1 Å². The number of rotatable bonds is 2. The first-order valence-corrected chi connectivity index (χ1v) is 9.57. The molecule has 4 aliphatic carbocycles. The first-order chi connectivity index (χ1) is 11.8. The molecule has 136 valence electrons. The van der Waals surface area contributed by atoms with Crippen molar-refractivity contribution in [2.24, 2.45) is 34.5 Å². The molecule has 3 saturated carbocycles. The minimum Gasteiger partial charge on any atom is -0.393 e. The Bertz CT molecular complexity index is 677. The van der Waals surface area contributed by atoms with Crippen LogP contribution in [-0.4, -0.2) is 34.5 Å². The van der Waals surface area contributed by atoms with E-state index in [4.69, 9.17) is 0 Å². The SMILES string of the molecule is C[C@@]12C[C@H](O)[C@H]3[C@H](CCC4=CC(=O)C=C[C@]43C)[C@@H]1CC[C@@H]2C(=O)CO. The molecule has 0 heterocycles. The number of Topliss-reactive ketones (excluding diaryl/α,β-unsaturated/α-hetero) is 1. The number of aliphatic hydroxyl groups excluding tert-OH is 2. The molecule has 0 amide bonds. The van der Waals surface area contributed by atoms with E-state index in [9.17, 15) is 19.8 Å². The van der Waals surface area contributed by atoms with Crippen LogP contribution >= 0.6 is 0 Å². The maximum Gasteiger partial charge on any atom is 0.178 e. The summed E-state index contributed by atoms with van der Waals surface area (Å²) in [7, 11) is 0. The molecule has 25 heavy (non-hydrogen) atoms. The summed E-state index contributed by atoms with van der Waals surface area (Å²) in [5.74, 6) is 0.734. The zero-order chi connectivity index (χ0) is 18.0. The standard InChI is InChI=1S/C21H28O4/c1-20-8-7-13(23)9-12(20)3-4-14-15-5-6-16(18(25)11-22)21(15,2)10-17(24)19(14)20/h7-9,14-17,19,22,24H,3-6,10-11H2,1-2H3/t14-,15+,16-,17+,19-,20-,21-/m1/s1. The third-order valence-corrected chi connectivity index (χ3v) is 8.04. The van der Waals surface area contributed by atoms with Crippen LogP contribution in [0.3, 0.4) is 0 Å². The van der Waals surface area contributed by atoms with Crippen molar-refractivity contribution in [3.63, 3.8) is 0 Å². The van der Waals surface area contributed by atoms with Gasteiger partial charge in [0.05, 0.1) is 6.10 Å². The van der Waals surface area contributed by atoms with E-state index in [0.717, 1.165) is 31.3 Å². The Morgan fingerprint density at radius 1 is 1.28 bits per heavy atom. The number of carbonyl (C=O) groups excluding carboxylic acids is 2. The molecule has 0 unspecified atom stereocenters. The molecule has 7 atom stereocenters. The highest BCUT2D eigenvalue weighted by atomic mass is 16.3. The monoisotopic (exact) mass is 344 g/mol. The van der Waals surface area contributed by atoms with Crippen LogP contribution < -0.4 is 0 Å². The summed E-state index contributed by atoms with van der Waals surface area (Å²) in [5.41, 5.74) is 0.688. The molecule has 4 nitrogen and oxygen atoms in total. The number of carbonyl (C=O) groups is 2. The molecule has 4 rings (SSSR count). The van der Waals surface area contributed by atoms with Gasteiger partial charge in [-0.2, -0.15) is 0 Å². The molecule has 0 aromatic heterocycles. The van der Waals surface area contributed by atoms with E-state index in [1.165, 1.54) is 0 Å². The van der Waals surface area contributed by atoms with Crippen LogP contribution in [0.5, 0.6) is 0 Å². The summed E-state index contributed by atoms with van der Waals surface area (Å²) in [6, 6.07) is 0. The number of aliphatic hydroxyl groups is 2. The second-order valence-electron chi connectivity index (χ2n) is 9.05. The van der Waals surface area contributed by atoms with Gasteiger partial charge in [-0.05, 0) is 61.5 Å². The van der Waals surface area contributed by atoms with E-state index < -0.39 is 12.7 Å². The number of hydrogen-bond acceptors (Lipinski definition) is 4. The Balaban J connectivity index is 1.71. The van der Waals surface area contributed by atoms with Crippen LogP contribution in [0.25, 0.3) is 0 Å². The molecular weight excluding hydrogens is 316 g/mol. The third kappa shape index (κ3) is 2.26. The fourth-order valence-electron chi connectivity index (χ4n) is 6.96. The van der Waals surface area contributed by atoms with Crippen LogP contribution in [-0.2, 0) is 9.59 Å². The quantitative estimate of drug-likeness (QED) is 0.807. The molecule has 0 radical (unpaired) electrons. The zero-order valence-electron chi connectivity index (χ0n) is 15.1. The lowest BCUT2D eigenvalue weighted by molar-refractivity contribution is -0.141. The van der Waals surface area contributed by atoms with Crippen molar-refractivity contribution in [3.8, 4) is 0 Å². The van der Waals surface area contributed by atoms with Gasteiger partial charge in [-0.1, -0.05) is 25.5 Å². The zero-order valence-corrected chi connectivity index (χ0v) is 15.1. The molecule has 0 aliphatic heterocycles. The Morgan fingerprint density at radius 2 is 2.04 bits per heavy atom. The normalized spacial score (nSPS) is 48.4. The van der Waals surface area contributed by atoms with Crippen molar-refractivity contribution in [3.05, 3.63) is 23.8 Å². The first-order valence-electron chi connectivity index (χ1n) is 9.57. The van der Waals surface area contributed by atoms with Gasteiger partial charge in [-0.25, -0.2) is 0 Å². The number of ketones is 2. The Morgan fingerprint density at radius 3 is 2.76 bits per heavy atom. The molecule has 0 saturated heterocycles. The molecular formula is C21H28O4. The molecule has 0 bridgehead atoms. The van der Waals surface area contributed by atoms with E-state index in [1.54, 1.807) is 12.2 Å². The van der Waals surface area contributed by atoms with Crippen molar-refractivity contribution < 1.29 is 19.8 Å². The van der Waals surface area contributed by atoms with E-state index in [1.807, 2.05) is 6.08 Å². The summed E-state index contributed by atoms with van der Waals surface area (Å²) >= 11 is 0. The number of fused-ring (bicyclic) bond motifs is 5. The van der Waals surface area contributed by atoms with E-state index in [-0.39, 0.29) is 34.2 Å². The van der Waals surface area contributed by atoms with Gasteiger partial charge in [0.15, 0.2) is 11.6 Å². The molecule has 0 spiro atoms. The van der Waals surface area contributed by atoms with Crippen LogP contribution in [0.4, 0.5) is 0 Å². The van der Waals surface area contributed by atoms with Crippen molar-refractivity contribution in [1.29, 1.82) is 0 Å². The average molecular weight is 344 g/mol. The highest BCUT2D eigenvalue weighted by molar-refractivity contribution is 6.01. The molecule has 4 heteroatoms. The smallest absolute Gasteiger partial charge is 0.178 e. The van der Waals surface area contributed by atoms with Gasteiger partial charge < -0.3 is 10.2 Å². The predicted octanol–water partition coefficient (Wildman–Crippen LogP) is 2.44. The molecule has 0 aromatic carbocycles. The number of hydrogen-bond donors (Lipinski definition) is 2. The van der Waals surface area contributed by atoms with Gasteiger partial charge in [0, 0.05) is 17.3 Å². The predicted molar refractivity (Wildman–Crippen MR) is 93.6 cm³/mol. The first kappa shape index (κ1) is 17.2. The minimum atomic E-state index is -0.482. The minimum absolute atomic E-state index is 0.0514. The van der Waals surface area contributed by atoms with E-state index >= 15 is 0 Å². The molecule has 3 fully saturated rings. The lowest BCUT2D eigenvalue weighted by atomic mass is 9.46. The van der Waals surface area contributed by atoms with E-state index in [0.29, 0.717) is 18.3 Å². The summed E-state index contributed by atoms with van der Waals surface area (Å²) < 4.78 is 0.